The molecule has 0 saturated carbocycles. The fraction of sp³-hybridized carbons (Fsp3) is 0.231. The first-order valence-electron chi connectivity index (χ1n) is 11.4. The van der Waals surface area contributed by atoms with Crippen molar-refractivity contribution in [2.75, 3.05) is 36.3 Å². The smallest absolute Gasteiger partial charge is 0.263 e. The number of anilines is 2. The second-order valence-electron chi connectivity index (χ2n) is 8.62. The molecule has 184 valence electrons. The van der Waals surface area contributed by atoms with E-state index in [0.717, 1.165) is 62.2 Å². The Morgan fingerprint density at radius 1 is 1.06 bits per heavy atom. The van der Waals surface area contributed by atoms with Gasteiger partial charge in [0.05, 0.1) is 11.3 Å². The van der Waals surface area contributed by atoms with Crippen LogP contribution in [0, 0.1) is 23.5 Å². The van der Waals surface area contributed by atoms with Crippen LogP contribution in [0.4, 0.5) is 20.3 Å². The summed E-state index contributed by atoms with van der Waals surface area (Å²) in [6, 6.07) is 8.42. The number of nitrogens with one attached hydrogen (secondary N) is 1. The van der Waals surface area contributed by atoms with Gasteiger partial charge in [0.15, 0.2) is 5.82 Å². The Bertz CT molecular complexity index is 1510. The maximum atomic E-state index is 15.1. The number of hydrogen-bond acceptors (Lipinski definition) is 6. The molecule has 2 aliphatic rings. The number of halogens is 2. The lowest BCUT2D eigenvalue weighted by atomic mass is 10.1. The Morgan fingerprint density at radius 2 is 1.92 bits per heavy atom. The van der Waals surface area contributed by atoms with Crippen LogP contribution in [0.1, 0.15) is 23.2 Å². The summed E-state index contributed by atoms with van der Waals surface area (Å²) in [4.78, 5) is 12.7. The summed E-state index contributed by atoms with van der Waals surface area (Å²) >= 11 is 0. The highest BCUT2D eigenvalue weighted by Crippen LogP contribution is 2.31. The first kappa shape index (κ1) is 23.9. The molecular weight excluding hydrogens is 484 g/mol. The van der Waals surface area contributed by atoms with E-state index in [2.05, 4.69) is 49.5 Å². The van der Waals surface area contributed by atoms with Crippen LogP contribution in [-0.2, 0) is 16.4 Å². The molecule has 7 nitrogen and oxygen atoms in total. The summed E-state index contributed by atoms with van der Waals surface area (Å²) in [6.07, 6.45) is 6.54. The van der Waals surface area contributed by atoms with E-state index >= 15 is 4.39 Å². The third-order valence-corrected chi connectivity index (χ3v) is 7.50. The van der Waals surface area contributed by atoms with Gasteiger partial charge in [-0.15, -0.1) is 0 Å². The van der Waals surface area contributed by atoms with Gasteiger partial charge in [-0.25, -0.2) is 22.2 Å². The maximum Gasteiger partial charge on any atom is 0.263 e. The first-order valence-corrected chi connectivity index (χ1v) is 12.9. The standard InChI is InChI=1S/C26H23F2N5O2S/c1-32-14-11-20(12-15-32)33-16-10-18-4-5-19(30-26(18)33)6-7-22-23(27)8-9-24(25(22)28)31-36(34,35)21-3-2-13-29-17-21/h2-5,8-9,11,13,17,31H,10,12,14-16H2,1H3. The second-order valence-corrected chi connectivity index (χ2v) is 10.3. The highest BCUT2D eigenvalue weighted by Gasteiger charge is 2.25. The fourth-order valence-electron chi connectivity index (χ4n) is 4.18. The third kappa shape index (κ3) is 4.80. The molecule has 2 aliphatic heterocycles. The van der Waals surface area contributed by atoms with Crippen molar-refractivity contribution in [2.24, 2.45) is 0 Å². The van der Waals surface area contributed by atoms with E-state index in [1.54, 1.807) is 6.07 Å². The highest BCUT2D eigenvalue weighted by molar-refractivity contribution is 7.92. The zero-order chi connectivity index (χ0) is 25.3. The Morgan fingerprint density at radius 3 is 2.67 bits per heavy atom. The van der Waals surface area contributed by atoms with Gasteiger partial charge in [0.25, 0.3) is 10.0 Å². The average Bonchev–Trinajstić information content (AvgIpc) is 3.30. The minimum absolute atomic E-state index is 0.145. The number of nitrogens with zero attached hydrogens (tertiary/aromatic N) is 4. The number of fused-ring (bicyclic) bond motifs is 1. The van der Waals surface area contributed by atoms with E-state index in [4.69, 9.17) is 0 Å². The lowest BCUT2D eigenvalue weighted by molar-refractivity contribution is 0.357. The lowest BCUT2D eigenvalue weighted by Gasteiger charge is -2.28. The van der Waals surface area contributed by atoms with Crippen molar-refractivity contribution >= 4 is 21.5 Å². The van der Waals surface area contributed by atoms with Gasteiger partial charge in [-0.2, -0.15) is 0 Å². The first-order chi connectivity index (χ1) is 17.3. The van der Waals surface area contributed by atoms with Crippen LogP contribution in [-0.4, -0.2) is 50.0 Å². The Kier molecular flexibility index (Phi) is 6.43. The van der Waals surface area contributed by atoms with Crippen molar-refractivity contribution in [2.45, 2.75) is 17.7 Å². The molecule has 2 aromatic heterocycles. The van der Waals surface area contributed by atoms with Gasteiger partial charge in [-0.05, 0) is 55.3 Å². The summed E-state index contributed by atoms with van der Waals surface area (Å²) in [5, 5.41) is 0. The lowest BCUT2D eigenvalue weighted by Crippen LogP contribution is -2.31. The summed E-state index contributed by atoms with van der Waals surface area (Å²) < 4.78 is 56.8. The molecule has 0 radical (unpaired) electrons. The van der Waals surface area contributed by atoms with Crippen LogP contribution in [0.25, 0.3) is 0 Å². The number of sulfonamides is 1. The summed E-state index contributed by atoms with van der Waals surface area (Å²) in [5.41, 5.74) is 1.74. The molecule has 1 aromatic carbocycles. The molecule has 36 heavy (non-hydrogen) atoms. The number of benzene rings is 1. The number of hydrogen-bond donors (Lipinski definition) is 1. The largest absolute Gasteiger partial charge is 0.330 e. The van der Waals surface area contributed by atoms with E-state index in [1.165, 1.54) is 24.0 Å². The Balaban J connectivity index is 1.43. The van der Waals surface area contributed by atoms with Gasteiger partial charge in [0, 0.05) is 44.1 Å². The van der Waals surface area contributed by atoms with Crippen molar-refractivity contribution in [3.63, 3.8) is 0 Å². The topological polar surface area (TPSA) is 78.4 Å². The quantitative estimate of drug-likeness (QED) is 0.545. The molecule has 0 bridgehead atoms. The van der Waals surface area contributed by atoms with E-state index in [0.29, 0.717) is 5.69 Å². The van der Waals surface area contributed by atoms with Crippen molar-refractivity contribution in [3.05, 3.63) is 89.0 Å². The van der Waals surface area contributed by atoms with Gasteiger partial charge in [0.1, 0.15) is 22.2 Å². The van der Waals surface area contributed by atoms with Gasteiger partial charge in [-0.1, -0.05) is 18.1 Å². The van der Waals surface area contributed by atoms with E-state index in [9.17, 15) is 12.8 Å². The number of aromatic nitrogens is 2. The molecule has 0 atom stereocenters. The SMILES string of the molecule is CN1CC=C(N2CCc3ccc(C#Cc4c(F)ccc(NS(=O)(=O)c5cccnc5)c4F)nc32)CC1. The molecule has 0 amide bonds. The molecule has 0 fully saturated rings. The zero-order valence-corrected chi connectivity index (χ0v) is 20.3. The molecule has 0 aliphatic carbocycles. The van der Waals surface area contributed by atoms with Crippen LogP contribution in [0.15, 0.2) is 65.5 Å². The average molecular weight is 508 g/mol. The Hall–Kier alpha value is -3.81. The van der Waals surface area contributed by atoms with Crippen LogP contribution in [0.2, 0.25) is 0 Å². The van der Waals surface area contributed by atoms with Crippen LogP contribution in [0.3, 0.4) is 0 Å². The molecule has 5 rings (SSSR count). The molecule has 10 heteroatoms. The van der Waals surface area contributed by atoms with Crippen LogP contribution < -0.4 is 9.62 Å². The maximum absolute atomic E-state index is 15.1. The van der Waals surface area contributed by atoms with Crippen LogP contribution in [0.5, 0.6) is 0 Å². The second kappa shape index (κ2) is 9.68. The molecule has 0 spiro atoms. The van der Waals surface area contributed by atoms with Gasteiger partial charge < -0.3 is 9.80 Å². The number of likely N-dealkylation sites (N-methyl/N-ethyl adjacent to an activating group) is 1. The highest BCUT2D eigenvalue weighted by atomic mass is 32.2. The zero-order valence-electron chi connectivity index (χ0n) is 19.5. The van der Waals surface area contributed by atoms with Gasteiger partial charge in [0.2, 0.25) is 0 Å². The van der Waals surface area contributed by atoms with Gasteiger partial charge >= 0.3 is 0 Å². The minimum Gasteiger partial charge on any atom is -0.330 e. The molecule has 0 saturated heterocycles. The van der Waals surface area contributed by atoms with Gasteiger partial charge in [-0.3, -0.25) is 9.71 Å². The minimum atomic E-state index is -4.11. The predicted molar refractivity (Wildman–Crippen MR) is 133 cm³/mol. The third-order valence-electron chi connectivity index (χ3n) is 6.15. The van der Waals surface area contributed by atoms with E-state index in [1.807, 2.05) is 6.07 Å². The number of pyridine rings is 2. The monoisotopic (exact) mass is 507 g/mol. The van der Waals surface area contributed by atoms with Crippen LogP contribution >= 0.6 is 0 Å². The van der Waals surface area contributed by atoms with Crippen molar-refractivity contribution in [1.82, 2.24) is 14.9 Å². The summed E-state index contributed by atoms with van der Waals surface area (Å²) in [6.45, 7) is 2.67. The molecule has 3 aromatic rings. The van der Waals surface area contributed by atoms with Crippen molar-refractivity contribution in [3.8, 4) is 11.8 Å². The Labute approximate surface area is 208 Å². The van der Waals surface area contributed by atoms with Crippen molar-refractivity contribution < 1.29 is 17.2 Å². The molecule has 4 heterocycles. The van der Waals surface area contributed by atoms with E-state index < -0.39 is 32.9 Å². The number of rotatable bonds is 4. The predicted octanol–water partition coefficient (Wildman–Crippen LogP) is 3.54. The molecular formula is C26H23F2N5O2S. The van der Waals surface area contributed by atoms with E-state index in [-0.39, 0.29) is 4.90 Å². The molecule has 0 unspecified atom stereocenters. The normalized spacial score (nSPS) is 15.6. The molecule has 1 N–H and O–H groups in total. The summed E-state index contributed by atoms with van der Waals surface area (Å²) in [7, 11) is -2.03. The van der Waals surface area contributed by atoms with Crippen molar-refractivity contribution in [1.29, 1.82) is 0 Å². The summed E-state index contributed by atoms with van der Waals surface area (Å²) in [5.74, 6) is 4.06. The fourth-order valence-corrected chi connectivity index (χ4v) is 5.20.